The first kappa shape index (κ1) is 23.5. The summed E-state index contributed by atoms with van der Waals surface area (Å²) in [7, 11) is 0. The van der Waals surface area contributed by atoms with Crippen molar-refractivity contribution >= 4 is 40.1 Å². The van der Waals surface area contributed by atoms with Crippen LogP contribution in [0.5, 0.6) is 0 Å². The summed E-state index contributed by atoms with van der Waals surface area (Å²) >= 11 is 2.21. The third kappa shape index (κ3) is 3.81. The van der Waals surface area contributed by atoms with Crippen molar-refractivity contribution in [3.8, 4) is 0 Å². The predicted octanol–water partition coefficient (Wildman–Crippen LogP) is 6.24. The van der Waals surface area contributed by atoms with Gasteiger partial charge in [-0.2, -0.15) is 0 Å². The van der Waals surface area contributed by atoms with Gasteiger partial charge in [-0.25, -0.2) is 4.79 Å². The van der Waals surface area contributed by atoms with Gasteiger partial charge in [0.25, 0.3) is 0 Å². The summed E-state index contributed by atoms with van der Waals surface area (Å²) < 4.78 is 6.98. The number of benzene rings is 1. The van der Waals surface area contributed by atoms with E-state index in [-0.39, 0.29) is 40.5 Å². The molecule has 0 bridgehead atoms. The van der Waals surface area contributed by atoms with Crippen molar-refractivity contribution in [1.29, 1.82) is 0 Å². The highest BCUT2D eigenvalue weighted by Crippen LogP contribution is 2.66. The van der Waals surface area contributed by atoms with Crippen molar-refractivity contribution in [2.45, 2.75) is 78.2 Å². The van der Waals surface area contributed by atoms with E-state index in [0.717, 1.165) is 48.5 Å². The Kier molecular flexibility index (Phi) is 6.02. The Balaban J connectivity index is 1.32. The second kappa shape index (κ2) is 8.46. The fraction of sp³-hybridized carbons (Fsp3) is 0.679. The highest BCUT2D eigenvalue weighted by molar-refractivity contribution is 14.1. The Hall–Kier alpha value is -1.24. The summed E-state index contributed by atoms with van der Waals surface area (Å²) in [5.41, 5.74) is 0.454. The lowest BCUT2D eigenvalue weighted by molar-refractivity contribution is -0.162. The first-order valence-corrected chi connectivity index (χ1v) is 13.7. The third-order valence-corrected chi connectivity index (χ3v) is 10.8. The molecule has 1 aromatic rings. The zero-order valence-electron chi connectivity index (χ0n) is 19.9. The average molecular weight is 562 g/mol. The smallest absolute Gasteiger partial charge is 0.338 e. The zero-order chi connectivity index (χ0) is 23.5. The van der Waals surface area contributed by atoms with E-state index in [0.29, 0.717) is 35.5 Å². The molecule has 0 radical (unpaired) electrons. The monoisotopic (exact) mass is 562 g/mol. The first-order valence-electron chi connectivity index (χ1n) is 12.6. The van der Waals surface area contributed by atoms with Gasteiger partial charge in [0, 0.05) is 21.8 Å². The molecule has 0 spiro atoms. The molecule has 0 aliphatic heterocycles. The SMILES string of the molecule is CC(=O)[C@@H]1CC[C@@H]2[C@H]3CC[C@@H]4C[C@H](OC(=O)c5cccc(I)c5)CC[C@]4(C)[C@H]3C(=O)C[C@@]21C. The van der Waals surface area contributed by atoms with Gasteiger partial charge in [-0.1, -0.05) is 19.9 Å². The quantitative estimate of drug-likeness (QED) is 0.323. The Labute approximate surface area is 210 Å². The van der Waals surface area contributed by atoms with Crippen molar-refractivity contribution in [1.82, 2.24) is 0 Å². The van der Waals surface area contributed by atoms with E-state index in [1.54, 1.807) is 6.92 Å². The van der Waals surface area contributed by atoms with Crippen LogP contribution in [0.25, 0.3) is 0 Å². The van der Waals surface area contributed by atoms with Crippen LogP contribution >= 0.6 is 22.6 Å². The van der Waals surface area contributed by atoms with Gasteiger partial charge in [0.05, 0.1) is 5.56 Å². The van der Waals surface area contributed by atoms with Crippen LogP contribution in [0.2, 0.25) is 0 Å². The minimum Gasteiger partial charge on any atom is -0.459 e. The molecule has 4 fully saturated rings. The zero-order valence-corrected chi connectivity index (χ0v) is 22.1. The number of fused-ring (bicyclic) bond motifs is 5. The van der Waals surface area contributed by atoms with E-state index in [1.807, 2.05) is 24.3 Å². The fourth-order valence-corrected chi connectivity index (χ4v) is 9.19. The molecule has 1 aromatic carbocycles. The van der Waals surface area contributed by atoms with Crippen LogP contribution in [0.15, 0.2) is 24.3 Å². The van der Waals surface area contributed by atoms with E-state index in [4.69, 9.17) is 4.74 Å². The molecule has 0 N–H and O–H groups in total. The normalized spacial score (nSPS) is 42.1. The summed E-state index contributed by atoms with van der Waals surface area (Å²) in [6, 6.07) is 7.54. The minimum atomic E-state index is -0.235. The van der Waals surface area contributed by atoms with Crippen molar-refractivity contribution in [3.63, 3.8) is 0 Å². The lowest BCUT2D eigenvalue weighted by Crippen LogP contribution is -2.58. The number of hydrogen-bond acceptors (Lipinski definition) is 4. The summed E-state index contributed by atoms with van der Waals surface area (Å²) in [5, 5.41) is 0. The molecule has 178 valence electrons. The van der Waals surface area contributed by atoms with Crippen LogP contribution in [0.3, 0.4) is 0 Å². The van der Waals surface area contributed by atoms with Gasteiger partial charge in [-0.3, -0.25) is 9.59 Å². The van der Waals surface area contributed by atoms with Crippen LogP contribution < -0.4 is 0 Å². The molecule has 5 rings (SSSR count). The van der Waals surface area contributed by atoms with Crippen molar-refractivity contribution < 1.29 is 19.1 Å². The number of ether oxygens (including phenoxy) is 1. The maximum atomic E-state index is 13.7. The molecule has 5 heteroatoms. The van der Waals surface area contributed by atoms with Crippen LogP contribution in [0.4, 0.5) is 0 Å². The van der Waals surface area contributed by atoms with Crippen molar-refractivity contribution in [3.05, 3.63) is 33.4 Å². The van der Waals surface area contributed by atoms with Crippen LogP contribution in [0.1, 0.15) is 82.5 Å². The second-order valence-corrected chi connectivity index (χ2v) is 13.0. The van der Waals surface area contributed by atoms with Gasteiger partial charge in [-0.15, -0.1) is 0 Å². The Morgan fingerprint density at radius 3 is 2.58 bits per heavy atom. The molecule has 4 aliphatic rings. The molecular weight excluding hydrogens is 527 g/mol. The van der Waals surface area contributed by atoms with E-state index in [1.165, 1.54) is 0 Å². The number of carbonyl (C=O) groups excluding carboxylic acids is 3. The lowest BCUT2D eigenvalue weighted by atomic mass is 9.44. The van der Waals surface area contributed by atoms with Gasteiger partial charge in [0.1, 0.15) is 17.7 Å². The van der Waals surface area contributed by atoms with Crippen molar-refractivity contribution in [2.24, 2.45) is 40.4 Å². The number of esters is 1. The van der Waals surface area contributed by atoms with Gasteiger partial charge < -0.3 is 4.74 Å². The maximum Gasteiger partial charge on any atom is 0.338 e. The molecule has 8 atom stereocenters. The van der Waals surface area contributed by atoms with Crippen LogP contribution in [-0.4, -0.2) is 23.6 Å². The van der Waals surface area contributed by atoms with Crippen molar-refractivity contribution in [2.75, 3.05) is 0 Å². The molecule has 0 unspecified atom stereocenters. The molecule has 0 aromatic heterocycles. The lowest BCUT2D eigenvalue weighted by Gasteiger charge is -2.59. The number of halogens is 1. The molecule has 4 saturated carbocycles. The Morgan fingerprint density at radius 1 is 1.06 bits per heavy atom. The summed E-state index contributed by atoms with van der Waals surface area (Å²) in [6.45, 7) is 6.27. The number of ketones is 2. The van der Waals surface area contributed by atoms with E-state index < -0.39 is 0 Å². The van der Waals surface area contributed by atoms with Gasteiger partial charge >= 0.3 is 5.97 Å². The number of Topliss-reactive ketones (excluding diaryl/α,β-unsaturated/α-hetero) is 2. The highest BCUT2D eigenvalue weighted by Gasteiger charge is 2.63. The summed E-state index contributed by atoms with van der Waals surface area (Å²) in [6.07, 6.45) is 7.33. The van der Waals surface area contributed by atoms with Gasteiger partial charge in [-0.05, 0) is 121 Å². The van der Waals surface area contributed by atoms with Gasteiger partial charge in [0.15, 0.2) is 0 Å². The average Bonchev–Trinajstić information content (AvgIpc) is 3.10. The molecule has 4 nitrogen and oxygen atoms in total. The number of hydrogen-bond donors (Lipinski definition) is 0. The molecule has 4 aliphatic carbocycles. The molecule has 33 heavy (non-hydrogen) atoms. The maximum absolute atomic E-state index is 13.7. The minimum absolute atomic E-state index is 0.0132. The van der Waals surface area contributed by atoms with E-state index in [2.05, 4.69) is 36.4 Å². The fourth-order valence-electron chi connectivity index (χ4n) is 8.64. The molecule has 0 saturated heterocycles. The summed E-state index contributed by atoms with van der Waals surface area (Å²) in [5.74, 6) is 1.90. The second-order valence-electron chi connectivity index (χ2n) is 11.7. The van der Waals surface area contributed by atoms with Gasteiger partial charge in [0.2, 0.25) is 0 Å². The molecule has 0 heterocycles. The largest absolute Gasteiger partial charge is 0.459 e. The van der Waals surface area contributed by atoms with E-state index in [9.17, 15) is 14.4 Å². The molecule has 0 amide bonds. The number of carbonyl (C=O) groups is 3. The van der Waals surface area contributed by atoms with Crippen LogP contribution in [-0.2, 0) is 14.3 Å². The molecular formula is C28H35IO4. The third-order valence-electron chi connectivity index (χ3n) is 10.1. The highest BCUT2D eigenvalue weighted by atomic mass is 127. The Bertz CT molecular complexity index is 988. The standard InChI is InChI=1S/C28H35IO4/c1-16(30)22-9-10-23-21-8-7-18-14-20(33-26(32)17-5-4-6-19(29)13-17)11-12-27(18,2)25(21)24(31)15-28(22,23)3/h4-6,13,18,20-23,25H,7-12,14-15H2,1-3H3/t18-,20-,21-,22+,23-,25-,27+,28-/m1/s1. The van der Waals surface area contributed by atoms with Crippen LogP contribution in [0, 0.1) is 44.0 Å². The summed E-state index contributed by atoms with van der Waals surface area (Å²) in [4.78, 5) is 38.8. The first-order chi connectivity index (χ1) is 15.6. The van der Waals surface area contributed by atoms with E-state index >= 15 is 0 Å². The topological polar surface area (TPSA) is 60.4 Å². The predicted molar refractivity (Wildman–Crippen MR) is 135 cm³/mol. The Morgan fingerprint density at radius 2 is 1.85 bits per heavy atom. The number of rotatable bonds is 3.